The van der Waals surface area contributed by atoms with Gasteiger partial charge in [-0.2, -0.15) is 0 Å². The molecule has 1 unspecified atom stereocenters. The summed E-state index contributed by atoms with van der Waals surface area (Å²) in [6, 6.07) is 0. The first-order valence-electron chi connectivity index (χ1n) is 5.03. The van der Waals surface area contributed by atoms with Crippen molar-refractivity contribution in [2.24, 2.45) is 11.8 Å². The quantitative estimate of drug-likeness (QED) is 0.643. The molecule has 0 aromatic carbocycles. The number of hydrogen-bond donors (Lipinski definition) is 1. The van der Waals surface area contributed by atoms with E-state index in [1.165, 1.54) is 38.8 Å². The van der Waals surface area contributed by atoms with E-state index in [0.717, 1.165) is 11.8 Å². The van der Waals surface area contributed by atoms with E-state index < -0.39 is 0 Å². The Kier molecular flexibility index (Phi) is 3.92. The van der Waals surface area contributed by atoms with Gasteiger partial charge in [-0.1, -0.05) is 26.7 Å². The van der Waals surface area contributed by atoms with Crippen LogP contribution in [0.5, 0.6) is 0 Å². The van der Waals surface area contributed by atoms with Crippen molar-refractivity contribution in [3.05, 3.63) is 0 Å². The Hall–Kier alpha value is -0.0400. The lowest BCUT2D eigenvalue weighted by Gasteiger charge is -2.26. The molecule has 0 aliphatic heterocycles. The van der Waals surface area contributed by atoms with Gasteiger partial charge in [-0.3, -0.25) is 0 Å². The van der Waals surface area contributed by atoms with Gasteiger partial charge < -0.3 is 5.32 Å². The van der Waals surface area contributed by atoms with Crippen LogP contribution in [0.4, 0.5) is 0 Å². The minimum atomic E-state index is 0.857. The largest absolute Gasteiger partial charge is 0.316 e. The van der Waals surface area contributed by atoms with E-state index >= 15 is 0 Å². The summed E-state index contributed by atoms with van der Waals surface area (Å²) >= 11 is 0. The summed E-state index contributed by atoms with van der Waals surface area (Å²) < 4.78 is 0. The summed E-state index contributed by atoms with van der Waals surface area (Å²) in [4.78, 5) is 0. The predicted molar refractivity (Wildman–Crippen MR) is 49.7 cm³/mol. The van der Waals surface area contributed by atoms with Crippen LogP contribution in [0, 0.1) is 11.8 Å². The highest BCUT2D eigenvalue weighted by Gasteiger charge is 2.16. The summed E-state index contributed by atoms with van der Waals surface area (Å²) in [6.07, 6.45) is 5.70. The second-order valence-electron chi connectivity index (χ2n) is 3.97. The molecule has 1 heteroatoms. The van der Waals surface area contributed by atoms with E-state index in [2.05, 4.69) is 19.2 Å². The molecular weight excluding hydrogens is 134 g/mol. The standard InChI is InChI=1S/C10H21N/c1-3-9(2)7-11-8-10-5-4-6-10/h9-11H,3-8H2,1-2H3. The Labute approximate surface area is 70.6 Å². The first-order valence-corrected chi connectivity index (χ1v) is 5.03. The minimum Gasteiger partial charge on any atom is -0.316 e. The lowest BCUT2D eigenvalue weighted by Crippen LogP contribution is -2.30. The minimum absolute atomic E-state index is 0.857. The van der Waals surface area contributed by atoms with Crippen LogP contribution in [-0.2, 0) is 0 Å². The van der Waals surface area contributed by atoms with Gasteiger partial charge in [0.2, 0.25) is 0 Å². The van der Waals surface area contributed by atoms with E-state index in [1.807, 2.05) is 0 Å². The van der Waals surface area contributed by atoms with E-state index in [-0.39, 0.29) is 0 Å². The molecule has 0 heterocycles. The fourth-order valence-corrected chi connectivity index (χ4v) is 1.38. The molecule has 1 atom stereocenters. The van der Waals surface area contributed by atoms with E-state index in [1.54, 1.807) is 0 Å². The van der Waals surface area contributed by atoms with Gasteiger partial charge in [0.05, 0.1) is 0 Å². The molecule has 1 aliphatic rings. The number of rotatable bonds is 5. The SMILES string of the molecule is CCC(C)CNCC1CCC1. The van der Waals surface area contributed by atoms with Crippen molar-refractivity contribution in [2.45, 2.75) is 39.5 Å². The second-order valence-corrected chi connectivity index (χ2v) is 3.97. The Morgan fingerprint density at radius 3 is 2.64 bits per heavy atom. The third-order valence-corrected chi connectivity index (χ3v) is 2.85. The number of hydrogen-bond acceptors (Lipinski definition) is 1. The molecule has 1 nitrogen and oxygen atoms in total. The highest BCUT2D eigenvalue weighted by atomic mass is 14.9. The van der Waals surface area contributed by atoms with Gasteiger partial charge in [0.15, 0.2) is 0 Å². The molecule has 1 rings (SSSR count). The Morgan fingerprint density at radius 1 is 1.45 bits per heavy atom. The second kappa shape index (κ2) is 4.76. The fraction of sp³-hybridized carbons (Fsp3) is 1.00. The van der Waals surface area contributed by atoms with Crippen LogP contribution < -0.4 is 5.32 Å². The van der Waals surface area contributed by atoms with Crippen molar-refractivity contribution in [2.75, 3.05) is 13.1 Å². The van der Waals surface area contributed by atoms with Gasteiger partial charge in [0, 0.05) is 0 Å². The van der Waals surface area contributed by atoms with Crippen LogP contribution in [0.2, 0.25) is 0 Å². The van der Waals surface area contributed by atoms with Crippen molar-refractivity contribution in [3.63, 3.8) is 0 Å². The molecule has 1 aliphatic carbocycles. The lowest BCUT2D eigenvalue weighted by atomic mass is 9.85. The maximum Gasteiger partial charge on any atom is -0.00204 e. The molecule has 0 aromatic rings. The summed E-state index contributed by atoms with van der Waals surface area (Å²) in [7, 11) is 0. The Morgan fingerprint density at radius 2 is 2.18 bits per heavy atom. The lowest BCUT2D eigenvalue weighted by molar-refractivity contribution is 0.295. The zero-order valence-corrected chi connectivity index (χ0v) is 7.90. The normalized spacial score (nSPS) is 21.3. The molecule has 0 aromatic heterocycles. The number of nitrogens with one attached hydrogen (secondary N) is 1. The third-order valence-electron chi connectivity index (χ3n) is 2.85. The van der Waals surface area contributed by atoms with Crippen LogP contribution in [-0.4, -0.2) is 13.1 Å². The molecule has 1 saturated carbocycles. The molecule has 66 valence electrons. The first kappa shape index (κ1) is 9.05. The highest BCUT2D eigenvalue weighted by Crippen LogP contribution is 2.25. The molecule has 0 radical (unpaired) electrons. The molecule has 0 bridgehead atoms. The predicted octanol–water partition coefficient (Wildman–Crippen LogP) is 2.42. The molecule has 1 N–H and O–H groups in total. The highest BCUT2D eigenvalue weighted by molar-refractivity contribution is 4.71. The van der Waals surface area contributed by atoms with Gasteiger partial charge >= 0.3 is 0 Å². The fourth-order valence-electron chi connectivity index (χ4n) is 1.38. The van der Waals surface area contributed by atoms with Crippen molar-refractivity contribution in [1.82, 2.24) is 5.32 Å². The molecule has 0 saturated heterocycles. The van der Waals surface area contributed by atoms with E-state index in [0.29, 0.717) is 0 Å². The maximum atomic E-state index is 3.54. The topological polar surface area (TPSA) is 12.0 Å². The van der Waals surface area contributed by atoms with E-state index in [4.69, 9.17) is 0 Å². The summed E-state index contributed by atoms with van der Waals surface area (Å²) in [5, 5.41) is 3.54. The maximum absolute atomic E-state index is 3.54. The van der Waals surface area contributed by atoms with Crippen molar-refractivity contribution in [3.8, 4) is 0 Å². The van der Waals surface area contributed by atoms with Gasteiger partial charge in [-0.25, -0.2) is 0 Å². The van der Waals surface area contributed by atoms with Gasteiger partial charge in [-0.05, 0) is 37.8 Å². The molecule has 11 heavy (non-hydrogen) atoms. The van der Waals surface area contributed by atoms with Crippen molar-refractivity contribution >= 4 is 0 Å². The van der Waals surface area contributed by atoms with Crippen LogP contribution in [0.15, 0.2) is 0 Å². The van der Waals surface area contributed by atoms with Gasteiger partial charge in [-0.15, -0.1) is 0 Å². The van der Waals surface area contributed by atoms with Gasteiger partial charge in [0.1, 0.15) is 0 Å². The molecule has 1 fully saturated rings. The van der Waals surface area contributed by atoms with Crippen molar-refractivity contribution < 1.29 is 0 Å². The van der Waals surface area contributed by atoms with Crippen LogP contribution >= 0.6 is 0 Å². The third kappa shape index (κ3) is 3.24. The Balaban J connectivity index is 1.86. The van der Waals surface area contributed by atoms with Crippen LogP contribution in [0.25, 0.3) is 0 Å². The summed E-state index contributed by atoms with van der Waals surface area (Å²) in [6.45, 7) is 7.06. The van der Waals surface area contributed by atoms with Crippen molar-refractivity contribution in [1.29, 1.82) is 0 Å². The average molecular weight is 155 g/mol. The summed E-state index contributed by atoms with van der Waals surface area (Å²) in [5.41, 5.74) is 0. The van der Waals surface area contributed by atoms with Gasteiger partial charge in [0.25, 0.3) is 0 Å². The molecule has 0 spiro atoms. The van der Waals surface area contributed by atoms with E-state index in [9.17, 15) is 0 Å². The molecular formula is C10H21N. The Bertz CT molecular complexity index is 92.3. The monoisotopic (exact) mass is 155 g/mol. The smallest absolute Gasteiger partial charge is 0.00204 e. The molecule has 0 amide bonds. The first-order chi connectivity index (χ1) is 5.33. The van der Waals surface area contributed by atoms with Crippen LogP contribution in [0.1, 0.15) is 39.5 Å². The summed E-state index contributed by atoms with van der Waals surface area (Å²) in [5.74, 6) is 1.87. The zero-order valence-electron chi connectivity index (χ0n) is 7.90. The average Bonchev–Trinajstić information content (AvgIpc) is 1.94. The zero-order chi connectivity index (χ0) is 8.10. The van der Waals surface area contributed by atoms with Crippen LogP contribution in [0.3, 0.4) is 0 Å².